The minimum absolute atomic E-state index is 0.0474. The van der Waals surface area contributed by atoms with E-state index in [0.717, 1.165) is 12.5 Å². The van der Waals surface area contributed by atoms with Crippen LogP contribution in [0.5, 0.6) is 0 Å². The number of hydrogen-bond acceptors (Lipinski definition) is 2. The summed E-state index contributed by atoms with van der Waals surface area (Å²) < 4.78 is 5.89. The molecule has 0 aromatic heterocycles. The van der Waals surface area contributed by atoms with Crippen LogP contribution in [0.1, 0.15) is 31.4 Å². The molecule has 15 heavy (non-hydrogen) atoms. The summed E-state index contributed by atoms with van der Waals surface area (Å²) >= 11 is 0. The molecule has 1 saturated carbocycles. The van der Waals surface area contributed by atoms with Crippen LogP contribution >= 0.6 is 0 Å². The largest absolute Gasteiger partial charge is 0.372 e. The summed E-state index contributed by atoms with van der Waals surface area (Å²) in [5.74, 6) is 0.787. The first-order chi connectivity index (χ1) is 7.27. The number of rotatable bonds is 5. The highest BCUT2D eigenvalue weighted by atomic mass is 16.5. The van der Waals surface area contributed by atoms with Gasteiger partial charge in [0.1, 0.15) is 0 Å². The highest BCUT2D eigenvalue weighted by molar-refractivity contribution is 5.18. The van der Waals surface area contributed by atoms with Crippen molar-refractivity contribution in [1.82, 2.24) is 0 Å². The summed E-state index contributed by atoms with van der Waals surface area (Å²) in [4.78, 5) is 0. The Hall–Kier alpha value is -0.860. The van der Waals surface area contributed by atoms with Gasteiger partial charge in [-0.2, -0.15) is 0 Å². The predicted molar refractivity (Wildman–Crippen MR) is 61.5 cm³/mol. The Kier molecular flexibility index (Phi) is 3.39. The summed E-state index contributed by atoms with van der Waals surface area (Å²) in [5, 5.41) is 0. The minimum Gasteiger partial charge on any atom is -0.372 e. The van der Waals surface area contributed by atoms with Crippen molar-refractivity contribution in [2.75, 3.05) is 6.61 Å². The quantitative estimate of drug-likeness (QED) is 0.801. The van der Waals surface area contributed by atoms with Crippen LogP contribution in [0.2, 0.25) is 0 Å². The van der Waals surface area contributed by atoms with Crippen molar-refractivity contribution < 1.29 is 4.74 Å². The van der Waals surface area contributed by atoms with Crippen molar-refractivity contribution >= 4 is 0 Å². The molecule has 1 aliphatic rings. The lowest BCUT2D eigenvalue weighted by Gasteiger charge is -2.21. The zero-order chi connectivity index (χ0) is 10.7. The van der Waals surface area contributed by atoms with E-state index in [4.69, 9.17) is 10.5 Å². The van der Waals surface area contributed by atoms with Crippen molar-refractivity contribution in [3.05, 3.63) is 35.9 Å². The van der Waals surface area contributed by atoms with Gasteiger partial charge in [-0.15, -0.1) is 0 Å². The van der Waals surface area contributed by atoms with Crippen LogP contribution in [0, 0.1) is 5.92 Å². The van der Waals surface area contributed by atoms with E-state index in [1.165, 1.54) is 18.4 Å². The molecule has 2 heteroatoms. The normalized spacial score (nSPS) is 19.9. The Morgan fingerprint density at radius 3 is 2.53 bits per heavy atom. The third-order valence-corrected chi connectivity index (χ3v) is 2.81. The van der Waals surface area contributed by atoms with Crippen molar-refractivity contribution in [1.29, 1.82) is 0 Å². The van der Waals surface area contributed by atoms with E-state index in [1.807, 2.05) is 25.1 Å². The SMILES string of the molecule is CC(N)C(OCC1CC1)c1ccccc1. The fourth-order valence-corrected chi connectivity index (χ4v) is 1.72. The molecule has 0 heterocycles. The minimum atomic E-state index is 0.0474. The van der Waals surface area contributed by atoms with E-state index < -0.39 is 0 Å². The maximum atomic E-state index is 5.95. The van der Waals surface area contributed by atoms with Gasteiger partial charge >= 0.3 is 0 Å². The highest BCUT2D eigenvalue weighted by Gasteiger charge is 2.25. The second kappa shape index (κ2) is 4.77. The molecule has 1 aromatic carbocycles. The van der Waals surface area contributed by atoms with Crippen LogP contribution in [-0.4, -0.2) is 12.6 Å². The topological polar surface area (TPSA) is 35.2 Å². The Balaban J connectivity index is 1.98. The molecule has 0 spiro atoms. The first kappa shape index (κ1) is 10.7. The molecule has 1 aromatic rings. The van der Waals surface area contributed by atoms with Gasteiger partial charge in [-0.1, -0.05) is 30.3 Å². The second-order valence-electron chi connectivity index (χ2n) is 4.47. The van der Waals surface area contributed by atoms with Crippen molar-refractivity contribution in [3.8, 4) is 0 Å². The molecule has 2 nitrogen and oxygen atoms in total. The third-order valence-electron chi connectivity index (χ3n) is 2.81. The lowest BCUT2D eigenvalue weighted by atomic mass is 10.0. The average Bonchev–Trinajstić information content (AvgIpc) is 3.03. The number of benzene rings is 1. The summed E-state index contributed by atoms with van der Waals surface area (Å²) in [6.07, 6.45) is 2.69. The standard InChI is InChI=1S/C13H19NO/c1-10(14)13(15-9-11-7-8-11)12-5-3-2-4-6-12/h2-6,10-11,13H,7-9,14H2,1H3. The Morgan fingerprint density at radius 1 is 1.33 bits per heavy atom. The van der Waals surface area contributed by atoms with E-state index in [2.05, 4.69) is 12.1 Å². The third kappa shape index (κ3) is 3.05. The zero-order valence-corrected chi connectivity index (χ0v) is 9.23. The number of hydrogen-bond donors (Lipinski definition) is 1. The summed E-state index contributed by atoms with van der Waals surface area (Å²) in [5.41, 5.74) is 7.14. The van der Waals surface area contributed by atoms with Gasteiger partial charge in [0.15, 0.2) is 0 Å². The van der Waals surface area contributed by atoms with Gasteiger partial charge in [0.25, 0.3) is 0 Å². The number of nitrogens with two attached hydrogens (primary N) is 1. The monoisotopic (exact) mass is 205 g/mol. The molecule has 1 aliphatic carbocycles. The van der Waals surface area contributed by atoms with Gasteiger partial charge in [-0.3, -0.25) is 0 Å². The van der Waals surface area contributed by atoms with Gasteiger partial charge in [0.2, 0.25) is 0 Å². The molecule has 2 unspecified atom stereocenters. The molecule has 0 saturated heterocycles. The molecule has 2 atom stereocenters. The predicted octanol–water partition coefficient (Wildman–Crippen LogP) is 2.50. The smallest absolute Gasteiger partial charge is 0.0973 e. The molecule has 0 amide bonds. The highest BCUT2D eigenvalue weighted by Crippen LogP contribution is 2.31. The molecular formula is C13H19NO. The first-order valence-electron chi connectivity index (χ1n) is 5.69. The van der Waals surface area contributed by atoms with Gasteiger partial charge in [-0.05, 0) is 31.2 Å². The molecule has 0 aliphatic heterocycles. The molecule has 82 valence electrons. The second-order valence-corrected chi connectivity index (χ2v) is 4.47. The first-order valence-corrected chi connectivity index (χ1v) is 5.69. The molecule has 1 fully saturated rings. The van der Waals surface area contributed by atoms with Gasteiger partial charge in [0.05, 0.1) is 12.7 Å². The lowest BCUT2D eigenvalue weighted by Crippen LogP contribution is -2.27. The van der Waals surface area contributed by atoms with Crippen LogP contribution in [0.3, 0.4) is 0 Å². The Labute approximate surface area is 91.4 Å². The molecule has 0 radical (unpaired) electrons. The maximum Gasteiger partial charge on any atom is 0.0973 e. The zero-order valence-electron chi connectivity index (χ0n) is 9.23. The molecular weight excluding hydrogens is 186 g/mol. The Morgan fingerprint density at radius 2 is 2.00 bits per heavy atom. The fraction of sp³-hybridized carbons (Fsp3) is 0.538. The van der Waals surface area contributed by atoms with E-state index in [1.54, 1.807) is 0 Å². The van der Waals surface area contributed by atoms with Gasteiger partial charge in [-0.25, -0.2) is 0 Å². The number of ether oxygens (including phenoxy) is 1. The van der Waals surface area contributed by atoms with Crippen molar-refractivity contribution in [2.24, 2.45) is 11.7 Å². The van der Waals surface area contributed by atoms with E-state index >= 15 is 0 Å². The van der Waals surface area contributed by atoms with E-state index in [-0.39, 0.29) is 12.1 Å². The molecule has 0 bridgehead atoms. The summed E-state index contributed by atoms with van der Waals surface area (Å²) in [6, 6.07) is 10.3. The summed E-state index contributed by atoms with van der Waals surface area (Å²) in [6.45, 7) is 2.87. The van der Waals surface area contributed by atoms with Gasteiger partial charge < -0.3 is 10.5 Å². The van der Waals surface area contributed by atoms with Crippen LogP contribution in [0.25, 0.3) is 0 Å². The van der Waals surface area contributed by atoms with E-state index in [0.29, 0.717) is 0 Å². The average molecular weight is 205 g/mol. The molecule has 2 N–H and O–H groups in total. The summed E-state index contributed by atoms with van der Waals surface area (Å²) in [7, 11) is 0. The Bertz CT molecular complexity index is 293. The van der Waals surface area contributed by atoms with Crippen molar-refractivity contribution in [3.63, 3.8) is 0 Å². The fourth-order valence-electron chi connectivity index (χ4n) is 1.72. The van der Waals surface area contributed by atoms with Crippen LogP contribution < -0.4 is 5.73 Å². The van der Waals surface area contributed by atoms with E-state index in [9.17, 15) is 0 Å². The van der Waals surface area contributed by atoms with Gasteiger partial charge in [0, 0.05) is 6.04 Å². The molecule has 2 rings (SSSR count). The lowest BCUT2D eigenvalue weighted by molar-refractivity contribution is 0.0314. The maximum absolute atomic E-state index is 5.95. The van der Waals surface area contributed by atoms with Crippen LogP contribution in [0.4, 0.5) is 0 Å². The van der Waals surface area contributed by atoms with Crippen molar-refractivity contribution in [2.45, 2.75) is 31.9 Å². The van der Waals surface area contributed by atoms with Crippen LogP contribution in [0.15, 0.2) is 30.3 Å². The van der Waals surface area contributed by atoms with Crippen LogP contribution in [-0.2, 0) is 4.74 Å².